The Morgan fingerprint density at radius 3 is 2.79 bits per heavy atom. The average Bonchev–Trinajstić information content (AvgIpc) is 2.71. The summed E-state index contributed by atoms with van der Waals surface area (Å²) in [6.45, 7) is 3.03. The van der Waals surface area contributed by atoms with Gasteiger partial charge in [0.15, 0.2) is 11.4 Å². The molecule has 0 amide bonds. The van der Waals surface area contributed by atoms with Gasteiger partial charge in [0, 0.05) is 6.42 Å². The molecule has 0 N–H and O–H groups in total. The first-order chi connectivity index (χ1) is 6.65. The van der Waals surface area contributed by atoms with Crippen LogP contribution in [0.1, 0.15) is 19.8 Å². The molecule has 1 atom stereocenters. The van der Waals surface area contributed by atoms with Gasteiger partial charge in [-0.05, 0) is 13.0 Å². The van der Waals surface area contributed by atoms with Crippen molar-refractivity contribution < 1.29 is 19.0 Å². The van der Waals surface area contributed by atoms with Crippen LogP contribution < -0.4 is 0 Å². The summed E-state index contributed by atoms with van der Waals surface area (Å²) in [5.74, 6) is -0.361. The molecule has 1 spiro atoms. The fraction of sp³-hybridized carbons (Fsp3) is 0.700. The Hall–Kier alpha value is -0.870. The zero-order valence-corrected chi connectivity index (χ0v) is 8.04. The summed E-state index contributed by atoms with van der Waals surface area (Å²) in [4.78, 5) is 11.6. The van der Waals surface area contributed by atoms with E-state index in [4.69, 9.17) is 14.2 Å². The molecule has 0 aromatic heterocycles. The molecule has 14 heavy (non-hydrogen) atoms. The van der Waals surface area contributed by atoms with E-state index >= 15 is 0 Å². The summed E-state index contributed by atoms with van der Waals surface area (Å²) in [6, 6.07) is 0. The minimum atomic E-state index is -0.833. The molecule has 3 aliphatic heterocycles. The summed E-state index contributed by atoms with van der Waals surface area (Å²) in [6.07, 6.45) is 2.81. The second kappa shape index (κ2) is 2.38. The third kappa shape index (κ3) is 0.828. The van der Waals surface area contributed by atoms with E-state index in [1.807, 2.05) is 13.0 Å². The molecule has 0 aromatic rings. The fourth-order valence-corrected chi connectivity index (χ4v) is 2.37. The maximum absolute atomic E-state index is 11.6. The van der Waals surface area contributed by atoms with Gasteiger partial charge in [0.25, 0.3) is 0 Å². The van der Waals surface area contributed by atoms with E-state index in [0.29, 0.717) is 25.4 Å². The molecule has 3 heterocycles. The number of ether oxygens (including phenoxy) is 3. The lowest BCUT2D eigenvalue weighted by molar-refractivity contribution is -0.271. The Labute approximate surface area is 81.8 Å². The number of allylic oxidation sites excluding steroid dienone is 1. The highest BCUT2D eigenvalue weighted by Crippen LogP contribution is 2.48. The second-order valence-electron chi connectivity index (χ2n) is 4.16. The Morgan fingerprint density at radius 2 is 2.07 bits per heavy atom. The highest BCUT2D eigenvalue weighted by atomic mass is 16.8. The van der Waals surface area contributed by atoms with Crippen molar-refractivity contribution in [1.82, 2.24) is 0 Å². The zero-order valence-electron chi connectivity index (χ0n) is 8.04. The summed E-state index contributed by atoms with van der Waals surface area (Å²) >= 11 is 0. The van der Waals surface area contributed by atoms with Gasteiger partial charge in [-0.15, -0.1) is 0 Å². The highest BCUT2D eigenvalue weighted by Gasteiger charge is 2.61. The van der Waals surface area contributed by atoms with E-state index in [9.17, 15) is 4.79 Å². The van der Waals surface area contributed by atoms with Crippen molar-refractivity contribution in [3.8, 4) is 0 Å². The number of ketones is 1. The normalized spacial score (nSPS) is 38.6. The van der Waals surface area contributed by atoms with Crippen LogP contribution in [0.15, 0.2) is 11.8 Å². The Morgan fingerprint density at radius 1 is 1.36 bits per heavy atom. The lowest BCUT2D eigenvalue weighted by Crippen LogP contribution is -2.57. The predicted molar refractivity (Wildman–Crippen MR) is 46.4 cm³/mol. The van der Waals surface area contributed by atoms with Crippen LogP contribution in [0.5, 0.6) is 0 Å². The van der Waals surface area contributed by atoms with Gasteiger partial charge in [-0.2, -0.15) is 0 Å². The molecule has 4 heteroatoms. The first-order valence-corrected chi connectivity index (χ1v) is 4.86. The molecular weight excluding hydrogens is 184 g/mol. The Balaban J connectivity index is 2.03. The molecule has 0 saturated carbocycles. The molecular formula is C10H12O4. The van der Waals surface area contributed by atoms with Gasteiger partial charge in [0.2, 0.25) is 11.6 Å². The van der Waals surface area contributed by atoms with Gasteiger partial charge >= 0.3 is 0 Å². The van der Waals surface area contributed by atoms with Crippen LogP contribution in [-0.2, 0) is 19.0 Å². The van der Waals surface area contributed by atoms with E-state index in [2.05, 4.69) is 0 Å². The lowest BCUT2D eigenvalue weighted by Gasteiger charge is -2.43. The van der Waals surface area contributed by atoms with E-state index in [1.54, 1.807) is 0 Å². The summed E-state index contributed by atoms with van der Waals surface area (Å²) in [5, 5.41) is 0. The van der Waals surface area contributed by atoms with E-state index in [1.165, 1.54) is 0 Å². The van der Waals surface area contributed by atoms with Gasteiger partial charge in [0.1, 0.15) is 0 Å². The van der Waals surface area contributed by atoms with E-state index in [-0.39, 0.29) is 12.2 Å². The van der Waals surface area contributed by atoms with Crippen LogP contribution in [-0.4, -0.2) is 30.4 Å². The molecule has 2 bridgehead atoms. The van der Waals surface area contributed by atoms with Crippen molar-refractivity contribution in [2.45, 2.75) is 31.2 Å². The third-order valence-electron chi connectivity index (χ3n) is 3.24. The number of fused-ring (bicyclic) bond motifs is 3. The predicted octanol–water partition coefficient (Wildman–Crippen LogP) is 0.765. The monoisotopic (exact) mass is 196 g/mol. The van der Waals surface area contributed by atoms with Crippen LogP contribution in [0.2, 0.25) is 0 Å². The van der Waals surface area contributed by atoms with Crippen molar-refractivity contribution in [3.63, 3.8) is 0 Å². The summed E-state index contributed by atoms with van der Waals surface area (Å²) < 4.78 is 16.8. The fourth-order valence-electron chi connectivity index (χ4n) is 2.37. The van der Waals surface area contributed by atoms with E-state index < -0.39 is 11.4 Å². The minimum Gasteiger partial charge on any atom is -0.478 e. The largest absolute Gasteiger partial charge is 0.478 e. The number of carbonyl (C=O) groups excluding carboxylic acids is 1. The molecule has 0 radical (unpaired) electrons. The van der Waals surface area contributed by atoms with E-state index in [0.717, 1.165) is 0 Å². The van der Waals surface area contributed by atoms with Crippen molar-refractivity contribution in [1.29, 1.82) is 0 Å². The zero-order chi connectivity index (χ0) is 9.81. The highest BCUT2D eigenvalue weighted by molar-refractivity contribution is 5.95. The topological polar surface area (TPSA) is 44.8 Å². The molecule has 3 rings (SSSR count). The average molecular weight is 196 g/mol. The maximum Gasteiger partial charge on any atom is 0.216 e. The molecule has 2 fully saturated rings. The lowest BCUT2D eigenvalue weighted by atomic mass is 9.88. The first kappa shape index (κ1) is 8.44. The molecule has 3 aliphatic rings. The Bertz CT molecular complexity index is 327. The number of hydrogen-bond acceptors (Lipinski definition) is 4. The molecule has 0 unspecified atom stereocenters. The smallest absolute Gasteiger partial charge is 0.216 e. The minimum absolute atomic E-state index is 0.0122. The Kier molecular flexibility index (Phi) is 1.43. The SMILES string of the molecule is C[C@]12CC=C(O1)C(=O)CC21OCCO1. The molecule has 76 valence electrons. The van der Waals surface area contributed by atoms with Crippen molar-refractivity contribution in [3.05, 3.63) is 11.8 Å². The summed E-state index contributed by atoms with van der Waals surface area (Å²) in [5.41, 5.74) is -0.507. The molecule has 0 aromatic carbocycles. The second-order valence-corrected chi connectivity index (χ2v) is 4.16. The standard InChI is InChI=1S/C10H12O4/c1-9-3-2-8(14-9)7(11)6-10(9)12-4-5-13-10/h2H,3-6H2,1H3/t9-/m1/s1. The summed E-state index contributed by atoms with van der Waals surface area (Å²) in [7, 11) is 0. The quantitative estimate of drug-likeness (QED) is 0.574. The van der Waals surface area contributed by atoms with Crippen molar-refractivity contribution in [2.75, 3.05) is 13.2 Å². The molecule has 0 aliphatic carbocycles. The number of hydrogen-bond donors (Lipinski definition) is 0. The van der Waals surface area contributed by atoms with Crippen LogP contribution >= 0.6 is 0 Å². The van der Waals surface area contributed by atoms with Gasteiger partial charge in [-0.3, -0.25) is 4.79 Å². The number of rotatable bonds is 0. The van der Waals surface area contributed by atoms with Gasteiger partial charge in [0.05, 0.1) is 19.6 Å². The number of Topliss-reactive ketones (excluding diaryl/α,β-unsaturated/α-hetero) is 1. The molecule has 2 saturated heterocycles. The van der Waals surface area contributed by atoms with Gasteiger partial charge < -0.3 is 14.2 Å². The van der Waals surface area contributed by atoms with Gasteiger partial charge in [-0.1, -0.05) is 0 Å². The van der Waals surface area contributed by atoms with Crippen LogP contribution in [0.25, 0.3) is 0 Å². The van der Waals surface area contributed by atoms with Crippen LogP contribution in [0.3, 0.4) is 0 Å². The van der Waals surface area contributed by atoms with Crippen LogP contribution in [0.4, 0.5) is 0 Å². The number of carbonyl (C=O) groups is 1. The third-order valence-corrected chi connectivity index (χ3v) is 3.24. The van der Waals surface area contributed by atoms with Crippen LogP contribution in [0, 0.1) is 0 Å². The maximum atomic E-state index is 11.6. The van der Waals surface area contributed by atoms with Crippen molar-refractivity contribution >= 4 is 5.78 Å². The molecule has 4 nitrogen and oxygen atoms in total. The first-order valence-electron chi connectivity index (χ1n) is 4.86. The van der Waals surface area contributed by atoms with Crippen molar-refractivity contribution in [2.24, 2.45) is 0 Å². The van der Waals surface area contributed by atoms with Gasteiger partial charge in [-0.25, -0.2) is 0 Å².